The SMILES string of the molecule is COC(=O)C1(C)CCN(CC[C@@H](N)CSc2ccccc2)CC1. The van der Waals surface area contributed by atoms with Crippen LogP contribution in [-0.4, -0.2) is 49.4 Å². The first kappa shape index (κ1) is 18.3. The first-order chi connectivity index (χ1) is 11.0. The van der Waals surface area contributed by atoms with E-state index in [4.69, 9.17) is 10.5 Å². The summed E-state index contributed by atoms with van der Waals surface area (Å²) in [6.45, 7) is 4.92. The Morgan fingerprint density at radius 3 is 2.61 bits per heavy atom. The van der Waals surface area contributed by atoms with Crippen molar-refractivity contribution in [1.82, 2.24) is 4.90 Å². The van der Waals surface area contributed by atoms with Crippen molar-refractivity contribution in [3.8, 4) is 0 Å². The van der Waals surface area contributed by atoms with E-state index in [-0.39, 0.29) is 17.4 Å². The summed E-state index contributed by atoms with van der Waals surface area (Å²) >= 11 is 1.82. The number of methoxy groups -OCH3 is 1. The lowest BCUT2D eigenvalue weighted by Gasteiger charge is -2.37. The lowest BCUT2D eigenvalue weighted by Crippen LogP contribution is -2.44. The van der Waals surface area contributed by atoms with Gasteiger partial charge in [0, 0.05) is 16.7 Å². The summed E-state index contributed by atoms with van der Waals surface area (Å²) in [6.07, 6.45) is 2.73. The molecule has 0 bridgehead atoms. The van der Waals surface area contributed by atoms with Crippen LogP contribution in [0.4, 0.5) is 0 Å². The number of nitrogens with two attached hydrogens (primary N) is 1. The summed E-state index contributed by atoms with van der Waals surface area (Å²) in [6, 6.07) is 10.6. The standard InChI is InChI=1S/C18H28N2O2S/c1-18(17(21)22-2)9-12-20(13-10-18)11-8-15(19)14-23-16-6-4-3-5-7-16/h3-7,15H,8-14,19H2,1-2H3/t15-/m1/s1. The average Bonchev–Trinajstić information content (AvgIpc) is 2.59. The molecule has 0 aromatic heterocycles. The second-order valence-electron chi connectivity index (χ2n) is 6.57. The molecule has 1 heterocycles. The van der Waals surface area contributed by atoms with Crippen molar-refractivity contribution in [1.29, 1.82) is 0 Å². The van der Waals surface area contributed by atoms with E-state index in [1.165, 1.54) is 12.0 Å². The molecule has 2 N–H and O–H groups in total. The van der Waals surface area contributed by atoms with Crippen molar-refractivity contribution in [2.24, 2.45) is 11.1 Å². The van der Waals surface area contributed by atoms with Crippen molar-refractivity contribution in [2.45, 2.75) is 37.1 Å². The van der Waals surface area contributed by atoms with Crippen LogP contribution in [0.15, 0.2) is 35.2 Å². The van der Waals surface area contributed by atoms with Gasteiger partial charge in [-0.1, -0.05) is 18.2 Å². The van der Waals surface area contributed by atoms with E-state index < -0.39 is 0 Å². The van der Waals surface area contributed by atoms with Crippen LogP contribution < -0.4 is 5.73 Å². The van der Waals surface area contributed by atoms with Crippen molar-refractivity contribution < 1.29 is 9.53 Å². The topological polar surface area (TPSA) is 55.6 Å². The van der Waals surface area contributed by atoms with Crippen LogP contribution in [0.25, 0.3) is 0 Å². The monoisotopic (exact) mass is 336 g/mol. The molecule has 0 amide bonds. The summed E-state index contributed by atoms with van der Waals surface area (Å²) in [4.78, 5) is 15.5. The maximum atomic E-state index is 11.8. The van der Waals surface area contributed by atoms with Crippen molar-refractivity contribution in [3.05, 3.63) is 30.3 Å². The Balaban J connectivity index is 1.66. The summed E-state index contributed by atoms with van der Waals surface area (Å²) < 4.78 is 4.92. The molecule has 0 spiro atoms. The Morgan fingerprint density at radius 2 is 2.00 bits per heavy atom. The third-order valence-corrected chi connectivity index (χ3v) is 5.86. The minimum Gasteiger partial charge on any atom is -0.469 e. The quantitative estimate of drug-likeness (QED) is 0.613. The van der Waals surface area contributed by atoms with Crippen LogP contribution >= 0.6 is 11.8 Å². The number of likely N-dealkylation sites (tertiary alicyclic amines) is 1. The van der Waals surface area contributed by atoms with Gasteiger partial charge in [0.2, 0.25) is 0 Å². The number of rotatable bonds is 7. The Kier molecular flexibility index (Phi) is 6.93. The van der Waals surface area contributed by atoms with Gasteiger partial charge < -0.3 is 15.4 Å². The number of thioether (sulfide) groups is 1. The second-order valence-corrected chi connectivity index (χ2v) is 7.66. The molecule has 0 unspecified atom stereocenters. The molecule has 1 aliphatic rings. The molecular formula is C18H28N2O2S. The molecule has 1 fully saturated rings. The molecule has 0 aliphatic carbocycles. The molecule has 1 atom stereocenters. The zero-order chi connectivity index (χ0) is 16.7. The van der Waals surface area contributed by atoms with Crippen LogP contribution in [-0.2, 0) is 9.53 Å². The summed E-state index contributed by atoms with van der Waals surface area (Å²) in [5.41, 5.74) is 5.93. The number of benzene rings is 1. The Labute approximate surface area is 143 Å². The fourth-order valence-electron chi connectivity index (χ4n) is 2.87. The van der Waals surface area contributed by atoms with Crippen LogP contribution in [0.1, 0.15) is 26.2 Å². The van der Waals surface area contributed by atoms with E-state index in [1.54, 1.807) is 0 Å². The van der Waals surface area contributed by atoms with Crippen LogP contribution in [0.2, 0.25) is 0 Å². The lowest BCUT2D eigenvalue weighted by molar-refractivity contribution is -0.154. The second kappa shape index (κ2) is 8.71. The van der Waals surface area contributed by atoms with Crippen LogP contribution in [0.5, 0.6) is 0 Å². The average molecular weight is 337 g/mol. The Morgan fingerprint density at radius 1 is 1.35 bits per heavy atom. The Bertz CT molecular complexity index is 487. The smallest absolute Gasteiger partial charge is 0.311 e. The van der Waals surface area contributed by atoms with E-state index in [0.717, 1.165) is 44.6 Å². The molecule has 1 aromatic carbocycles. The maximum Gasteiger partial charge on any atom is 0.311 e. The molecule has 4 nitrogen and oxygen atoms in total. The van der Waals surface area contributed by atoms with Crippen LogP contribution in [0.3, 0.4) is 0 Å². The van der Waals surface area contributed by atoms with Crippen molar-refractivity contribution in [2.75, 3.05) is 32.5 Å². The molecule has 5 heteroatoms. The molecule has 0 saturated carbocycles. The molecule has 128 valence electrons. The van der Waals surface area contributed by atoms with E-state index in [2.05, 4.69) is 29.2 Å². The predicted molar refractivity (Wildman–Crippen MR) is 95.6 cm³/mol. The number of ether oxygens (including phenoxy) is 1. The molecule has 23 heavy (non-hydrogen) atoms. The number of carbonyl (C=O) groups excluding carboxylic acids is 1. The fourth-order valence-corrected chi connectivity index (χ4v) is 3.80. The number of hydrogen-bond acceptors (Lipinski definition) is 5. The van der Waals surface area contributed by atoms with E-state index in [9.17, 15) is 4.79 Å². The Hall–Kier alpha value is -1.04. The highest BCUT2D eigenvalue weighted by Crippen LogP contribution is 2.32. The van der Waals surface area contributed by atoms with Gasteiger partial charge in [0.05, 0.1) is 12.5 Å². The van der Waals surface area contributed by atoms with E-state index in [0.29, 0.717) is 0 Å². The zero-order valence-electron chi connectivity index (χ0n) is 14.2. The van der Waals surface area contributed by atoms with Gasteiger partial charge in [-0.25, -0.2) is 0 Å². The predicted octanol–water partition coefficient (Wildman–Crippen LogP) is 2.77. The number of esters is 1. The largest absolute Gasteiger partial charge is 0.469 e. The number of nitrogens with zero attached hydrogens (tertiary/aromatic N) is 1. The van der Waals surface area contributed by atoms with Crippen molar-refractivity contribution >= 4 is 17.7 Å². The fraction of sp³-hybridized carbons (Fsp3) is 0.611. The van der Waals surface area contributed by atoms with Crippen LogP contribution in [0, 0.1) is 5.41 Å². The van der Waals surface area contributed by atoms with Gasteiger partial charge in [-0.15, -0.1) is 11.8 Å². The molecule has 1 saturated heterocycles. The number of piperidine rings is 1. The zero-order valence-corrected chi connectivity index (χ0v) is 15.0. The lowest BCUT2D eigenvalue weighted by atomic mass is 9.80. The third kappa shape index (κ3) is 5.52. The first-order valence-corrected chi connectivity index (χ1v) is 9.26. The first-order valence-electron chi connectivity index (χ1n) is 8.28. The number of carbonyl (C=O) groups is 1. The van der Waals surface area contributed by atoms with Crippen molar-refractivity contribution in [3.63, 3.8) is 0 Å². The summed E-state index contributed by atoms with van der Waals surface area (Å²) in [5, 5.41) is 0. The molecule has 1 aliphatic heterocycles. The third-order valence-electron chi connectivity index (χ3n) is 4.66. The van der Waals surface area contributed by atoms with E-state index in [1.807, 2.05) is 24.8 Å². The van der Waals surface area contributed by atoms with Gasteiger partial charge in [-0.05, 0) is 58.0 Å². The van der Waals surface area contributed by atoms with Gasteiger partial charge >= 0.3 is 5.97 Å². The minimum atomic E-state index is -0.309. The van der Waals surface area contributed by atoms with Gasteiger partial charge in [0.25, 0.3) is 0 Å². The van der Waals surface area contributed by atoms with E-state index >= 15 is 0 Å². The highest BCUT2D eigenvalue weighted by Gasteiger charge is 2.37. The van der Waals surface area contributed by atoms with Gasteiger partial charge in [-0.3, -0.25) is 4.79 Å². The normalized spacial score (nSPS) is 19.3. The van der Waals surface area contributed by atoms with Gasteiger partial charge in [0.15, 0.2) is 0 Å². The molecular weight excluding hydrogens is 308 g/mol. The van der Waals surface area contributed by atoms with Gasteiger partial charge in [0.1, 0.15) is 0 Å². The van der Waals surface area contributed by atoms with Gasteiger partial charge in [-0.2, -0.15) is 0 Å². The number of hydrogen-bond donors (Lipinski definition) is 1. The highest BCUT2D eigenvalue weighted by molar-refractivity contribution is 7.99. The highest BCUT2D eigenvalue weighted by atomic mass is 32.2. The molecule has 2 rings (SSSR count). The molecule has 1 aromatic rings. The summed E-state index contributed by atoms with van der Waals surface area (Å²) in [7, 11) is 1.48. The maximum absolute atomic E-state index is 11.8. The molecule has 0 radical (unpaired) electrons. The summed E-state index contributed by atoms with van der Waals surface area (Å²) in [5.74, 6) is 0.866. The minimum absolute atomic E-state index is 0.0758.